The van der Waals surface area contributed by atoms with E-state index in [4.69, 9.17) is 14.2 Å². The largest absolute Gasteiger partial charge is 0.507 e. The molecule has 0 aliphatic heterocycles. The number of Topliss-reactive ketones (excluding diaryl/α,β-unsaturated/α-hetero) is 1. The lowest BCUT2D eigenvalue weighted by Crippen LogP contribution is -2.25. The Hall–Kier alpha value is -3.55. The molecule has 8 nitrogen and oxygen atoms in total. The number of hydrogen-bond donors (Lipinski definition) is 2. The molecule has 164 valence electrons. The molecule has 0 heterocycles. The molecule has 1 amide bonds. The van der Waals surface area contributed by atoms with E-state index in [1.165, 1.54) is 26.2 Å². The Morgan fingerprint density at radius 2 is 1.84 bits per heavy atom. The molecule has 0 saturated heterocycles. The maximum atomic E-state index is 12.1. The van der Waals surface area contributed by atoms with Crippen molar-refractivity contribution >= 4 is 23.3 Å². The van der Waals surface area contributed by atoms with Gasteiger partial charge in [0.1, 0.15) is 17.1 Å². The lowest BCUT2D eigenvalue weighted by Gasteiger charge is -2.19. The van der Waals surface area contributed by atoms with E-state index in [1.807, 2.05) is 6.92 Å². The summed E-state index contributed by atoms with van der Waals surface area (Å²) in [5.41, 5.74) is 3.14. The van der Waals surface area contributed by atoms with E-state index in [-0.39, 0.29) is 29.5 Å². The first kappa shape index (κ1) is 22.1. The van der Waals surface area contributed by atoms with Gasteiger partial charge in [-0.15, -0.1) is 0 Å². The van der Waals surface area contributed by atoms with Crippen molar-refractivity contribution in [2.75, 3.05) is 19.0 Å². The number of fused-ring (bicyclic) bond motifs is 1. The van der Waals surface area contributed by atoms with Crippen molar-refractivity contribution in [3.63, 3.8) is 0 Å². The molecule has 0 bridgehead atoms. The Kier molecular flexibility index (Phi) is 6.48. The second-order valence-corrected chi connectivity index (χ2v) is 7.20. The van der Waals surface area contributed by atoms with Crippen molar-refractivity contribution in [2.45, 2.75) is 40.0 Å². The molecule has 1 aliphatic rings. The SMILES string of the molecule is CCOC(=O)C(=O)Nc1cc(C)c(Oc2ccc(O)c(C(C)=O)c2OC)c2c1CCC2. The van der Waals surface area contributed by atoms with Gasteiger partial charge in [0.25, 0.3) is 0 Å². The summed E-state index contributed by atoms with van der Waals surface area (Å²) in [5, 5.41) is 12.7. The van der Waals surface area contributed by atoms with Crippen LogP contribution in [0.2, 0.25) is 0 Å². The van der Waals surface area contributed by atoms with Gasteiger partial charge in [-0.05, 0) is 69.4 Å². The van der Waals surface area contributed by atoms with E-state index in [0.717, 1.165) is 36.0 Å². The zero-order valence-electron chi connectivity index (χ0n) is 18.0. The van der Waals surface area contributed by atoms with Gasteiger partial charge in [0.05, 0.1) is 13.7 Å². The summed E-state index contributed by atoms with van der Waals surface area (Å²) in [6, 6.07) is 4.67. The van der Waals surface area contributed by atoms with Crippen LogP contribution in [-0.2, 0) is 27.2 Å². The molecule has 2 aromatic rings. The Bertz CT molecular complexity index is 1060. The van der Waals surface area contributed by atoms with E-state index in [2.05, 4.69) is 5.32 Å². The summed E-state index contributed by atoms with van der Waals surface area (Å²) in [4.78, 5) is 35.8. The average Bonchev–Trinajstić information content (AvgIpc) is 3.21. The highest BCUT2D eigenvalue weighted by atomic mass is 16.5. The van der Waals surface area contributed by atoms with Gasteiger partial charge >= 0.3 is 11.9 Å². The van der Waals surface area contributed by atoms with E-state index in [9.17, 15) is 19.5 Å². The van der Waals surface area contributed by atoms with Gasteiger partial charge in [0, 0.05) is 11.3 Å². The zero-order valence-corrected chi connectivity index (χ0v) is 18.0. The molecule has 2 N–H and O–H groups in total. The summed E-state index contributed by atoms with van der Waals surface area (Å²) >= 11 is 0. The van der Waals surface area contributed by atoms with Crippen molar-refractivity contribution in [3.05, 3.63) is 40.5 Å². The number of aromatic hydroxyl groups is 1. The molecule has 0 aromatic heterocycles. The van der Waals surface area contributed by atoms with Gasteiger partial charge in [-0.3, -0.25) is 9.59 Å². The number of methoxy groups -OCH3 is 1. The number of carbonyl (C=O) groups excluding carboxylic acids is 3. The number of anilines is 1. The third kappa shape index (κ3) is 4.33. The van der Waals surface area contributed by atoms with E-state index in [1.54, 1.807) is 13.0 Å². The molecule has 0 radical (unpaired) electrons. The quantitative estimate of drug-likeness (QED) is 0.411. The predicted molar refractivity (Wildman–Crippen MR) is 113 cm³/mol. The molecule has 3 rings (SSSR count). The number of hydrogen-bond acceptors (Lipinski definition) is 7. The van der Waals surface area contributed by atoms with Crippen LogP contribution in [0.5, 0.6) is 23.0 Å². The molecule has 31 heavy (non-hydrogen) atoms. The number of benzene rings is 2. The molecule has 0 atom stereocenters. The van der Waals surface area contributed by atoms with Gasteiger partial charge in [0.15, 0.2) is 17.3 Å². The highest BCUT2D eigenvalue weighted by Gasteiger charge is 2.26. The minimum absolute atomic E-state index is 0.0487. The molecule has 2 aromatic carbocycles. The number of phenols is 1. The first-order chi connectivity index (χ1) is 14.8. The summed E-state index contributed by atoms with van der Waals surface area (Å²) < 4.78 is 16.3. The third-order valence-electron chi connectivity index (χ3n) is 5.11. The second kappa shape index (κ2) is 9.07. The van der Waals surface area contributed by atoms with Gasteiger partial charge in [-0.2, -0.15) is 0 Å². The first-order valence-corrected chi connectivity index (χ1v) is 10.0. The second-order valence-electron chi connectivity index (χ2n) is 7.20. The van der Waals surface area contributed by atoms with Crippen molar-refractivity contribution in [3.8, 4) is 23.0 Å². The van der Waals surface area contributed by atoms with Crippen LogP contribution in [0.15, 0.2) is 18.2 Å². The maximum absolute atomic E-state index is 12.1. The van der Waals surface area contributed by atoms with Gasteiger partial charge < -0.3 is 24.6 Å². The average molecular weight is 427 g/mol. The van der Waals surface area contributed by atoms with Crippen LogP contribution in [0, 0.1) is 6.92 Å². The monoisotopic (exact) mass is 427 g/mol. The van der Waals surface area contributed by atoms with Crippen LogP contribution in [0.3, 0.4) is 0 Å². The molecule has 0 fully saturated rings. The number of rotatable bonds is 6. The number of ether oxygens (including phenoxy) is 3. The molecule has 8 heteroatoms. The zero-order chi connectivity index (χ0) is 22.7. The number of aryl methyl sites for hydroxylation is 1. The van der Waals surface area contributed by atoms with E-state index in [0.29, 0.717) is 17.2 Å². The van der Waals surface area contributed by atoms with Gasteiger partial charge in [0.2, 0.25) is 0 Å². The number of amides is 1. The number of carbonyl (C=O) groups is 3. The number of ketones is 1. The highest BCUT2D eigenvalue weighted by molar-refractivity contribution is 6.37. The predicted octanol–water partition coefficient (Wildman–Crippen LogP) is 3.69. The van der Waals surface area contributed by atoms with Crippen LogP contribution in [0.25, 0.3) is 0 Å². The molecule has 0 unspecified atom stereocenters. The van der Waals surface area contributed by atoms with E-state index >= 15 is 0 Å². The maximum Gasteiger partial charge on any atom is 0.397 e. The fourth-order valence-corrected chi connectivity index (χ4v) is 3.81. The van der Waals surface area contributed by atoms with Crippen LogP contribution < -0.4 is 14.8 Å². The molecule has 1 aliphatic carbocycles. The summed E-state index contributed by atoms with van der Waals surface area (Å²) in [6.07, 6.45) is 2.31. The number of phenolic OH excluding ortho intramolecular Hbond substituents is 1. The van der Waals surface area contributed by atoms with Gasteiger partial charge in [-0.25, -0.2) is 4.79 Å². The smallest absolute Gasteiger partial charge is 0.397 e. The number of esters is 1. The van der Waals surface area contributed by atoms with Crippen LogP contribution in [-0.4, -0.2) is 36.5 Å². The van der Waals surface area contributed by atoms with Crippen molar-refractivity contribution in [2.24, 2.45) is 0 Å². The summed E-state index contributed by atoms with van der Waals surface area (Å²) in [5.74, 6) is -1.24. The van der Waals surface area contributed by atoms with Crippen molar-refractivity contribution in [1.82, 2.24) is 0 Å². The van der Waals surface area contributed by atoms with E-state index < -0.39 is 11.9 Å². The minimum Gasteiger partial charge on any atom is -0.507 e. The molecule has 0 saturated carbocycles. The Balaban J connectivity index is 2.01. The fourth-order valence-electron chi connectivity index (χ4n) is 3.81. The molecular weight excluding hydrogens is 402 g/mol. The molecular formula is C23H25NO7. The summed E-state index contributed by atoms with van der Waals surface area (Å²) in [7, 11) is 1.40. The topological polar surface area (TPSA) is 111 Å². The third-order valence-corrected chi connectivity index (χ3v) is 5.11. The minimum atomic E-state index is -0.933. The van der Waals surface area contributed by atoms with Gasteiger partial charge in [-0.1, -0.05) is 0 Å². The summed E-state index contributed by atoms with van der Waals surface area (Å²) in [6.45, 7) is 4.92. The van der Waals surface area contributed by atoms with Crippen molar-refractivity contribution in [1.29, 1.82) is 0 Å². The standard InChI is InChI=1S/C23H25NO7/c1-5-30-23(28)22(27)24-16-11-12(2)20(15-8-6-7-14(15)16)31-18-10-9-17(26)19(13(3)25)21(18)29-4/h9-11,26H,5-8H2,1-4H3,(H,24,27). The Morgan fingerprint density at radius 1 is 1.13 bits per heavy atom. The lowest BCUT2D eigenvalue weighted by atomic mass is 10.0. The highest BCUT2D eigenvalue weighted by Crippen LogP contribution is 2.44. The normalized spacial score (nSPS) is 12.1. The van der Waals surface area contributed by atoms with Crippen LogP contribution in [0.4, 0.5) is 5.69 Å². The lowest BCUT2D eigenvalue weighted by molar-refractivity contribution is -0.152. The first-order valence-electron chi connectivity index (χ1n) is 10.0. The Labute approximate surface area is 180 Å². The van der Waals surface area contributed by atoms with Crippen molar-refractivity contribution < 1.29 is 33.7 Å². The van der Waals surface area contributed by atoms with Crippen LogP contribution >= 0.6 is 0 Å². The Morgan fingerprint density at radius 3 is 2.48 bits per heavy atom. The van der Waals surface area contributed by atoms with Crippen LogP contribution in [0.1, 0.15) is 47.3 Å². The number of nitrogens with one attached hydrogen (secondary N) is 1. The fraction of sp³-hybridized carbons (Fsp3) is 0.348. The molecule has 0 spiro atoms.